The van der Waals surface area contributed by atoms with Gasteiger partial charge in [-0.2, -0.15) is 0 Å². The molecule has 1 heterocycles. The van der Waals surface area contributed by atoms with Crippen molar-refractivity contribution in [2.24, 2.45) is 17.6 Å². The van der Waals surface area contributed by atoms with Crippen molar-refractivity contribution in [1.82, 2.24) is 5.32 Å². The zero-order valence-electron chi connectivity index (χ0n) is 10.9. The third-order valence-corrected chi connectivity index (χ3v) is 3.52. The van der Waals surface area contributed by atoms with Crippen LogP contribution in [0.1, 0.15) is 34.6 Å². The van der Waals surface area contributed by atoms with Gasteiger partial charge in [0.15, 0.2) is 0 Å². The van der Waals surface area contributed by atoms with Gasteiger partial charge in [-0.05, 0) is 33.6 Å². The van der Waals surface area contributed by atoms with E-state index in [2.05, 4.69) is 12.2 Å². The topological polar surface area (TPSA) is 64.3 Å². The zero-order chi connectivity index (χ0) is 12.5. The van der Waals surface area contributed by atoms with Crippen LogP contribution in [0.15, 0.2) is 0 Å². The summed E-state index contributed by atoms with van der Waals surface area (Å²) in [4.78, 5) is 12.1. The second-order valence-corrected chi connectivity index (χ2v) is 5.51. The van der Waals surface area contributed by atoms with Crippen molar-refractivity contribution in [3.63, 3.8) is 0 Å². The predicted molar refractivity (Wildman–Crippen MR) is 63.9 cm³/mol. The third kappa shape index (κ3) is 2.74. The van der Waals surface area contributed by atoms with E-state index >= 15 is 0 Å². The van der Waals surface area contributed by atoms with Gasteiger partial charge in [0.05, 0.1) is 18.1 Å². The molecule has 0 aliphatic carbocycles. The maximum Gasteiger partial charge on any atom is 0.226 e. The molecule has 0 aromatic heterocycles. The number of amides is 1. The second-order valence-electron chi connectivity index (χ2n) is 5.51. The molecule has 0 aromatic rings. The van der Waals surface area contributed by atoms with E-state index in [-0.39, 0.29) is 35.5 Å². The number of rotatable bonds is 3. The van der Waals surface area contributed by atoms with E-state index in [1.54, 1.807) is 0 Å². The Morgan fingerprint density at radius 2 is 1.88 bits per heavy atom. The summed E-state index contributed by atoms with van der Waals surface area (Å²) in [6.45, 7) is 10.3. The molecular weight excluding hydrogens is 204 g/mol. The van der Waals surface area contributed by atoms with Crippen LogP contribution in [0.4, 0.5) is 0 Å². The van der Waals surface area contributed by atoms with E-state index in [1.807, 2.05) is 27.7 Å². The van der Waals surface area contributed by atoms with Crippen LogP contribution in [-0.4, -0.2) is 30.2 Å². The lowest BCUT2D eigenvalue weighted by Crippen LogP contribution is -2.52. The van der Waals surface area contributed by atoms with Crippen molar-refractivity contribution >= 4 is 5.91 Å². The first-order valence-electron chi connectivity index (χ1n) is 5.96. The molecule has 1 fully saturated rings. The van der Waals surface area contributed by atoms with Crippen LogP contribution < -0.4 is 11.1 Å². The number of nitrogens with one attached hydrogen (secondary N) is 1. The third-order valence-electron chi connectivity index (χ3n) is 3.52. The number of hydrogen-bond donors (Lipinski definition) is 2. The Morgan fingerprint density at radius 3 is 2.25 bits per heavy atom. The van der Waals surface area contributed by atoms with E-state index in [1.165, 1.54) is 0 Å². The standard InChI is InChI=1S/C12H24N2O2/c1-7-8(2)16-9(3)10(7)11(15)14-12(4,5)6-13/h7-10H,6,13H2,1-5H3,(H,14,15). The van der Waals surface area contributed by atoms with Crippen LogP contribution in [0.3, 0.4) is 0 Å². The SMILES string of the molecule is CC1OC(C)C(C(=O)NC(C)(C)CN)C1C. The number of nitrogens with two attached hydrogens (primary N) is 1. The summed E-state index contributed by atoms with van der Waals surface area (Å²) >= 11 is 0. The molecule has 16 heavy (non-hydrogen) atoms. The lowest BCUT2D eigenvalue weighted by atomic mass is 9.88. The molecule has 1 aliphatic heterocycles. The van der Waals surface area contributed by atoms with Gasteiger partial charge in [0, 0.05) is 12.1 Å². The summed E-state index contributed by atoms with van der Waals surface area (Å²) < 4.78 is 5.66. The first kappa shape index (κ1) is 13.5. The minimum atomic E-state index is -0.345. The first-order chi connectivity index (χ1) is 7.28. The molecule has 3 N–H and O–H groups in total. The van der Waals surface area contributed by atoms with Gasteiger partial charge in [0.1, 0.15) is 0 Å². The van der Waals surface area contributed by atoms with Crippen molar-refractivity contribution in [3.05, 3.63) is 0 Å². The van der Waals surface area contributed by atoms with Gasteiger partial charge in [-0.25, -0.2) is 0 Å². The van der Waals surface area contributed by atoms with E-state index in [4.69, 9.17) is 10.5 Å². The summed E-state index contributed by atoms with van der Waals surface area (Å²) in [6, 6.07) is 0. The average molecular weight is 228 g/mol. The van der Waals surface area contributed by atoms with Crippen molar-refractivity contribution in [3.8, 4) is 0 Å². The van der Waals surface area contributed by atoms with Gasteiger partial charge in [-0.1, -0.05) is 6.92 Å². The molecular formula is C12H24N2O2. The fourth-order valence-corrected chi connectivity index (χ4v) is 2.19. The largest absolute Gasteiger partial charge is 0.374 e. The highest BCUT2D eigenvalue weighted by Gasteiger charge is 2.42. The van der Waals surface area contributed by atoms with Crippen molar-refractivity contribution in [2.75, 3.05) is 6.54 Å². The lowest BCUT2D eigenvalue weighted by Gasteiger charge is -2.28. The van der Waals surface area contributed by atoms with Crippen molar-refractivity contribution in [1.29, 1.82) is 0 Å². The van der Waals surface area contributed by atoms with Crippen molar-refractivity contribution < 1.29 is 9.53 Å². The molecule has 0 saturated carbocycles. The number of carbonyl (C=O) groups excluding carboxylic acids is 1. The van der Waals surface area contributed by atoms with Crippen LogP contribution in [-0.2, 0) is 9.53 Å². The van der Waals surface area contributed by atoms with Gasteiger partial charge < -0.3 is 15.8 Å². The number of hydrogen-bond acceptors (Lipinski definition) is 3. The summed E-state index contributed by atoms with van der Waals surface area (Å²) in [7, 11) is 0. The number of carbonyl (C=O) groups is 1. The van der Waals surface area contributed by atoms with Crippen LogP contribution in [0.25, 0.3) is 0 Å². The predicted octanol–water partition coefficient (Wildman–Crippen LogP) is 0.899. The molecule has 0 spiro atoms. The monoisotopic (exact) mass is 228 g/mol. The van der Waals surface area contributed by atoms with E-state index < -0.39 is 0 Å². The second kappa shape index (κ2) is 4.72. The molecule has 0 aromatic carbocycles. The molecule has 1 saturated heterocycles. The summed E-state index contributed by atoms with van der Waals surface area (Å²) in [6.07, 6.45) is 0.130. The summed E-state index contributed by atoms with van der Waals surface area (Å²) in [5.41, 5.74) is 5.26. The maximum atomic E-state index is 12.1. The quantitative estimate of drug-likeness (QED) is 0.754. The highest BCUT2D eigenvalue weighted by molar-refractivity contribution is 5.80. The Balaban J connectivity index is 2.67. The maximum absolute atomic E-state index is 12.1. The Bertz CT molecular complexity index is 266. The molecule has 0 bridgehead atoms. The molecule has 1 rings (SSSR count). The Labute approximate surface area is 97.9 Å². The molecule has 1 amide bonds. The minimum Gasteiger partial charge on any atom is -0.374 e. The Morgan fingerprint density at radius 1 is 1.31 bits per heavy atom. The van der Waals surface area contributed by atoms with Gasteiger partial charge in [-0.15, -0.1) is 0 Å². The van der Waals surface area contributed by atoms with E-state index in [9.17, 15) is 4.79 Å². The molecule has 0 radical (unpaired) electrons. The van der Waals surface area contributed by atoms with Crippen LogP contribution in [0, 0.1) is 11.8 Å². The molecule has 1 aliphatic rings. The fourth-order valence-electron chi connectivity index (χ4n) is 2.19. The molecule has 4 atom stereocenters. The lowest BCUT2D eigenvalue weighted by molar-refractivity contribution is -0.128. The van der Waals surface area contributed by atoms with Gasteiger partial charge >= 0.3 is 0 Å². The zero-order valence-corrected chi connectivity index (χ0v) is 10.9. The summed E-state index contributed by atoms with van der Waals surface area (Å²) in [5, 5.41) is 2.99. The molecule has 4 heteroatoms. The van der Waals surface area contributed by atoms with Gasteiger partial charge in [0.2, 0.25) is 5.91 Å². The minimum absolute atomic E-state index is 0.0152. The van der Waals surface area contributed by atoms with Crippen LogP contribution in [0.5, 0.6) is 0 Å². The Kier molecular flexibility index (Phi) is 3.97. The van der Waals surface area contributed by atoms with Gasteiger partial charge in [-0.3, -0.25) is 4.79 Å². The average Bonchev–Trinajstić information content (AvgIpc) is 2.40. The summed E-state index contributed by atoms with van der Waals surface area (Å²) in [5.74, 6) is 0.240. The van der Waals surface area contributed by atoms with E-state index in [0.717, 1.165) is 0 Å². The van der Waals surface area contributed by atoms with Crippen LogP contribution >= 0.6 is 0 Å². The normalized spacial score (nSPS) is 35.1. The highest BCUT2D eigenvalue weighted by Crippen LogP contribution is 2.32. The first-order valence-corrected chi connectivity index (χ1v) is 5.96. The molecule has 4 unspecified atom stereocenters. The molecule has 94 valence electrons. The van der Waals surface area contributed by atoms with Crippen molar-refractivity contribution in [2.45, 2.75) is 52.4 Å². The molecule has 4 nitrogen and oxygen atoms in total. The number of ether oxygens (including phenoxy) is 1. The van der Waals surface area contributed by atoms with E-state index in [0.29, 0.717) is 6.54 Å². The highest BCUT2D eigenvalue weighted by atomic mass is 16.5. The Hall–Kier alpha value is -0.610. The fraction of sp³-hybridized carbons (Fsp3) is 0.917. The smallest absolute Gasteiger partial charge is 0.226 e. The van der Waals surface area contributed by atoms with Gasteiger partial charge in [0.25, 0.3) is 0 Å². The van der Waals surface area contributed by atoms with Crippen LogP contribution in [0.2, 0.25) is 0 Å².